The first-order valence-corrected chi connectivity index (χ1v) is 9.59. The van der Waals surface area contributed by atoms with Gasteiger partial charge in [-0.3, -0.25) is 15.0 Å². The Morgan fingerprint density at radius 2 is 1.91 bits per heavy atom. The van der Waals surface area contributed by atoms with Crippen LogP contribution in [0.5, 0.6) is 0 Å². The fourth-order valence-corrected chi connectivity index (χ4v) is 3.31. The van der Waals surface area contributed by atoms with Gasteiger partial charge in [-0.25, -0.2) is 9.37 Å². The summed E-state index contributed by atoms with van der Waals surface area (Å²) >= 11 is 5.91. The van der Waals surface area contributed by atoms with E-state index < -0.39 is 34.6 Å². The zero-order chi connectivity index (χ0) is 23.0. The van der Waals surface area contributed by atoms with Gasteiger partial charge in [-0.05, 0) is 48.2 Å². The second-order valence-corrected chi connectivity index (χ2v) is 7.15. The first-order valence-electron chi connectivity index (χ1n) is 9.21. The lowest BCUT2D eigenvalue weighted by Crippen LogP contribution is -2.37. The van der Waals surface area contributed by atoms with E-state index >= 15 is 0 Å². The molecule has 1 N–H and O–H groups in total. The maximum absolute atomic E-state index is 13.4. The maximum atomic E-state index is 13.4. The molecule has 12 heteroatoms. The van der Waals surface area contributed by atoms with Crippen molar-refractivity contribution >= 4 is 34.2 Å². The molecule has 2 aromatic carbocycles. The van der Waals surface area contributed by atoms with Crippen molar-refractivity contribution in [3.05, 3.63) is 85.5 Å². The zero-order valence-electron chi connectivity index (χ0n) is 16.5. The molecule has 0 radical (unpaired) electrons. The Labute approximate surface area is 184 Å². The van der Waals surface area contributed by atoms with Crippen LogP contribution in [0.15, 0.2) is 53.3 Å². The van der Waals surface area contributed by atoms with E-state index in [-0.39, 0.29) is 21.9 Å². The van der Waals surface area contributed by atoms with Crippen LogP contribution in [-0.2, 0) is 11.3 Å². The van der Waals surface area contributed by atoms with Gasteiger partial charge in [0, 0.05) is 5.56 Å². The summed E-state index contributed by atoms with van der Waals surface area (Å²) in [4.78, 5) is 40.5. The lowest BCUT2D eigenvalue weighted by atomic mass is 10.2. The predicted octanol–water partition coefficient (Wildman–Crippen LogP) is 3.04. The minimum atomic E-state index is -0.756. The van der Waals surface area contributed by atoms with Gasteiger partial charge in [0.2, 0.25) is 0 Å². The number of benzene rings is 2. The Kier molecular flexibility index (Phi) is 5.41. The predicted molar refractivity (Wildman–Crippen MR) is 114 cm³/mol. The molecule has 0 aliphatic rings. The van der Waals surface area contributed by atoms with Crippen LogP contribution in [0.3, 0.4) is 0 Å². The molecule has 0 aliphatic heterocycles. The third-order valence-electron chi connectivity index (χ3n) is 4.70. The van der Waals surface area contributed by atoms with Crippen molar-refractivity contribution in [1.29, 1.82) is 0 Å². The molecule has 0 aliphatic carbocycles. The number of halogens is 2. The highest BCUT2D eigenvalue weighted by Gasteiger charge is 2.25. The molecule has 0 atom stereocenters. The Morgan fingerprint density at radius 1 is 1.22 bits per heavy atom. The normalized spacial score (nSPS) is 11.0. The van der Waals surface area contributed by atoms with E-state index in [0.717, 1.165) is 9.36 Å². The number of nitrogens with one attached hydrogen (secondary N) is 1. The van der Waals surface area contributed by atoms with Crippen LogP contribution in [0, 0.1) is 22.9 Å². The van der Waals surface area contributed by atoms with Gasteiger partial charge in [0.05, 0.1) is 21.7 Å². The maximum Gasteiger partial charge on any atom is 0.408 e. The Balaban J connectivity index is 1.76. The van der Waals surface area contributed by atoms with E-state index in [0.29, 0.717) is 11.1 Å². The van der Waals surface area contributed by atoms with Crippen molar-refractivity contribution in [3.8, 4) is 11.4 Å². The Morgan fingerprint density at radius 3 is 2.56 bits per heavy atom. The molecule has 4 aromatic rings. The molecule has 1 amide bonds. The summed E-state index contributed by atoms with van der Waals surface area (Å²) in [5, 5.41) is 14.8. The van der Waals surface area contributed by atoms with E-state index in [2.05, 4.69) is 15.5 Å². The lowest BCUT2D eigenvalue weighted by Gasteiger charge is -2.14. The Hall–Kier alpha value is -4.12. The summed E-state index contributed by atoms with van der Waals surface area (Å²) in [7, 11) is 0. The molecule has 2 heterocycles. The Bertz CT molecular complexity index is 1430. The van der Waals surface area contributed by atoms with Gasteiger partial charge >= 0.3 is 5.82 Å². The van der Waals surface area contributed by atoms with Gasteiger partial charge in [0.25, 0.3) is 11.5 Å². The largest absolute Gasteiger partial charge is 0.408 e. The second-order valence-electron chi connectivity index (χ2n) is 6.77. The minimum Gasteiger partial charge on any atom is -0.358 e. The summed E-state index contributed by atoms with van der Waals surface area (Å²) in [5.41, 5.74) is 2.91. The molecule has 4 rings (SSSR count). The number of hydrogen-bond donors (Lipinski definition) is 1. The SMILES string of the molecule is Cc1c(Cl)c([N+](=O)[O-])nn1CC(=O)Nn1c(-c2ccc(F)cc2)nc2ccccc2c1=O. The number of fused-ring (bicyclic) bond motifs is 1. The quantitative estimate of drug-likeness (QED) is 0.363. The van der Waals surface area contributed by atoms with Crippen LogP contribution in [0.2, 0.25) is 5.02 Å². The van der Waals surface area contributed by atoms with Crippen molar-refractivity contribution < 1.29 is 14.1 Å². The lowest BCUT2D eigenvalue weighted by molar-refractivity contribution is -0.389. The smallest absolute Gasteiger partial charge is 0.358 e. The highest BCUT2D eigenvalue weighted by molar-refractivity contribution is 6.33. The average Bonchev–Trinajstić information content (AvgIpc) is 3.05. The van der Waals surface area contributed by atoms with Gasteiger partial charge in [-0.1, -0.05) is 23.7 Å². The highest BCUT2D eigenvalue weighted by Crippen LogP contribution is 2.26. The molecule has 0 fully saturated rings. The number of hydrogen-bond acceptors (Lipinski definition) is 6. The van der Waals surface area contributed by atoms with Crippen molar-refractivity contribution in [3.63, 3.8) is 0 Å². The molecular formula is C20H14ClFN6O4. The topological polar surface area (TPSA) is 125 Å². The van der Waals surface area contributed by atoms with Crippen molar-refractivity contribution in [2.75, 3.05) is 5.43 Å². The van der Waals surface area contributed by atoms with Crippen molar-refractivity contribution in [2.24, 2.45) is 0 Å². The first kappa shape index (κ1) is 21.1. The molecule has 10 nitrogen and oxygen atoms in total. The number of carbonyl (C=O) groups is 1. The van der Waals surface area contributed by atoms with Gasteiger partial charge in [-0.2, -0.15) is 9.36 Å². The number of aromatic nitrogens is 4. The summed E-state index contributed by atoms with van der Waals surface area (Å²) in [6.07, 6.45) is 0. The van der Waals surface area contributed by atoms with E-state index in [9.17, 15) is 24.1 Å². The van der Waals surface area contributed by atoms with Crippen LogP contribution in [0.1, 0.15) is 5.69 Å². The summed E-state index contributed by atoms with van der Waals surface area (Å²) < 4.78 is 15.4. The minimum absolute atomic E-state index is 0.0863. The molecule has 2 aromatic heterocycles. The third kappa shape index (κ3) is 3.81. The molecule has 162 valence electrons. The number of carbonyl (C=O) groups excluding carboxylic acids is 1. The van der Waals surface area contributed by atoms with Gasteiger partial charge in [0.15, 0.2) is 10.8 Å². The monoisotopic (exact) mass is 456 g/mol. The number of nitro groups is 1. The number of para-hydroxylation sites is 1. The van der Waals surface area contributed by atoms with Crippen LogP contribution < -0.4 is 11.0 Å². The highest BCUT2D eigenvalue weighted by atomic mass is 35.5. The number of rotatable bonds is 5. The van der Waals surface area contributed by atoms with Crippen molar-refractivity contribution in [2.45, 2.75) is 13.5 Å². The standard InChI is InChI=1S/C20H14ClFN6O4/c1-11-17(21)19(28(31)32)25-26(11)10-16(29)24-27-18(12-6-8-13(22)9-7-12)23-15-5-3-2-4-14(15)20(27)30/h2-9H,10H2,1H3,(H,24,29). The van der Waals surface area contributed by atoms with Gasteiger partial charge in [-0.15, -0.1) is 0 Å². The second kappa shape index (κ2) is 8.19. The summed E-state index contributed by atoms with van der Waals surface area (Å²) in [6.45, 7) is 1.03. The number of nitrogens with zero attached hydrogens (tertiary/aromatic N) is 5. The van der Waals surface area contributed by atoms with Crippen LogP contribution in [-0.4, -0.2) is 30.3 Å². The number of amides is 1. The van der Waals surface area contributed by atoms with E-state index in [1.165, 1.54) is 31.2 Å². The van der Waals surface area contributed by atoms with Gasteiger partial charge < -0.3 is 10.1 Å². The molecule has 0 spiro atoms. The van der Waals surface area contributed by atoms with Crippen LogP contribution >= 0.6 is 11.6 Å². The fourth-order valence-electron chi connectivity index (χ4n) is 3.10. The van der Waals surface area contributed by atoms with E-state index in [1.807, 2.05) is 0 Å². The molecular weight excluding hydrogens is 443 g/mol. The van der Waals surface area contributed by atoms with Crippen molar-refractivity contribution in [1.82, 2.24) is 19.4 Å². The molecule has 0 saturated heterocycles. The van der Waals surface area contributed by atoms with Crippen LogP contribution in [0.25, 0.3) is 22.3 Å². The third-order valence-corrected chi connectivity index (χ3v) is 5.14. The summed E-state index contributed by atoms with van der Waals surface area (Å²) in [6, 6.07) is 11.8. The molecule has 0 saturated carbocycles. The molecule has 32 heavy (non-hydrogen) atoms. The zero-order valence-corrected chi connectivity index (χ0v) is 17.2. The fraction of sp³-hybridized carbons (Fsp3) is 0.100. The van der Waals surface area contributed by atoms with Gasteiger partial charge in [0.1, 0.15) is 12.4 Å². The van der Waals surface area contributed by atoms with E-state index in [4.69, 9.17) is 11.6 Å². The average molecular weight is 457 g/mol. The molecule has 0 bridgehead atoms. The first-order chi connectivity index (χ1) is 15.3. The summed E-state index contributed by atoms with van der Waals surface area (Å²) in [5.74, 6) is -1.67. The molecule has 0 unspecified atom stereocenters. The van der Waals surface area contributed by atoms with E-state index in [1.54, 1.807) is 24.3 Å². The van der Waals surface area contributed by atoms with Crippen LogP contribution in [0.4, 0.5) is 10.2 Å².